The zero-order valence-electron chi connectivity index (χ0n) is 4.77. The Morgan fingerprint density at radius 1 is 1.29 bits per heavy atom. The van der Waals surface area contributed by atoms with E-state index in [1.165, 1.54) is 0 Å². The number of hydrogen-bond acceptors (Lipinski definition) is 1. The fourth-order valence-corrected chi connectivity index (χ4v) is 0. The molecule has 3 N–H and O–H groups in total. The minimum absolute atomic E-state index is 0. The molecule has 0 atom stereocenters. The quantitative estimate of drug-likeness (QED) is 0.313. The van der Waals surface area contributed by atoms with Crippen molar-refractivity contribution in [3.05, 3.63) is 0 Å². The van der Waals surface area contributed by atoms with Gasteiger partial charge < -0.3 is 16.1 Å². The van der Waals surface area contributed by atoms with E-state index in [4.69, 9.17) is 19.2 Å². The van der Waals surface area contributed by atoms with Crippen molar-refractivity contribution in [1.29, 1.82) is 0 Å². The van der Waals surface area contributed by atoms with Gasteiger partial charge in [-0.05, 0) is 0 Å². The predicted octanol–water partition coefficient (Wildman–Crippen LogP) is -3.81. The summed E-state index contributed by atoms with van der Waals surface area (Å²) in [6.07, 6.45) is 0. The minimum Gasteiger partial charge on any atom is -1.00 e. The summed E-state index contributed by atoms with van der Waals surface area (Å²) in [5, 5.41) is 0. The first kappa shape index (κ1) is 16.5. The van der Waals surface area contributed by atoms with Crippen molar-refractivity contribution in [2.24, 2.45) is 0 Å². The first-order valence-corrected chi connectivity index (χ1v) is 2.35. The van der Waals surface area contributed by atoms with Crippen molar-refractivity contribution in [1.82, 2.24) is 0 Å². The van der Waals surface area contributed by atoms with E-state index in [0.29, 0.717) is 0 Å². The molecule has 4 nitrogen and oxygen atoms in total. The van der Waals surface area contributed by atoms with E-state index < -0.39 is 7.82 Å². The summed E-state index contributed by atoms with van der Waals surface area (Å²) in [7, 11) is -4.64. The molecule has 0 saturated carbocycles. The molecule has 37 valence electrons. The molecule has 0 unspecified atom stereocenters. The number of phosphoric acid groups is 1. The maximum Gasteiger partial charge on any atom is 1.00 e. The van der Waals surface area contributed by atoms with Crippen LogP contribution in [0, 0.1) is 35.6 Å². The zero-order valence-corrected chi connectivity index (χ0v) is 11.4. The molecule has 0 rings (SSSR count). The molecule has 0 aromatic heterocycles. The molecule has 0 amide bonds. The van der Waals surface area contributed by atoms with E-state index in [0.717, 1.165) is 0 Å². The second-order valence-electron chi connectivity index (χ2n) is 0.513. The van der Waals surface area contributed by atoms with Gasteiger partial charge >= 0.3 is 59.2 Å². The van der Waals surface area contributed by atoms with E-state index in [2.05, 4.69) is 0 Å². The van der Waals surface area contributed by atoms with Crippen LogP contribution in [-0.2, 0) is 4.57 Å². The van der Waals surface area contributed by atoms with Crippen LogP contribution in [0.25, 0.3) is 0 Å². The van der Waals surface area contributed by atoms with Gasteiger partial charge in [-0.25, -0.2) is 4.57 Å². The Balaban J connectivity index is -0.0000000267. The molecule has 0 aromatic rings. The SMILES string of the molecule is O=P(O)(O)O.[H-].[K+].[La]. The molecule has 0 aliphatic rings. The summed E-state index contributed by atoms with van der Waals surface area (Å²) in [6, 6.07) is 0. The molecular weight excluding hydrogens is 273 g/mol. The largest absolute Gasteiger partial charge is 1.00 e. The van der Waals surface area contributed by atoms with Crippen molar-refractivity contribution < 1.29 is 108 Å². The van der Waals surface area contributed by atoms with Gasteiger partial charge in [-0.3, -0.25) is 0 Å². The molecule has 0 fully saturated rings. The fourth-order valence-electron chi connectivity index (χ4n) is 0. The molecule has 7 heavy (non-hydrogen) atoms. The van der Waals surface area contributed by atoms with Gasteiger partial charge in [-0.15, -0.1) is 0 Å². The van der Waals surface area contributed by atoms with Crippen LogP contribution in [0.1, 0.15) is 1.43 Å². The van der Waals surface area contributed by atoms with E-state index in [1.807, 2.05) is 0 Å². The fraction of sp³-hybridized carbons (Fsp3) is 0. The Morgan fingerprint density at radius 3 is 1.29 bits per heavy atom. The molecule has 0 spiro atoms. The van der Waals surface area contributed by atoms with Crippen LogP contribution in [0.4, 0.5) is 0 Å². The smallest absolute Gasteiger partial charge is 1.00 e. The summed E-state index contributed by atoms with van der Waals surface area (Å²) in [5.74, 6) is 0. The molecule has 7 heteroatoms. The van der Waals surface area contributed by atoms with Gasteiger partial charge in [0.05, 0.1) is 0 Å². The molecule has 0 saturated heterocycles. The van der Waals surface area contributed by atoms with Crippen LogP contribution in [0.3, 0.4) is 0 Å². The van der Waals surface area contributed by atoms with Crippen molar-refractivity contribution in [2.45, 2.75) is 0 Å². The summed E-state index contributed by atoms with van der Waals surface area (Å²) in [4.78, 5) is 21.6. The Labute approximate surface area is 113 Å². The second-order valence-corrected chi connectivity index (χ2v) is 1.54. The minimum atomic E-state index is -4.64. The first-order valence-electron chi connectivity index (χ1n) is 0.783. The molecule has 1 radical (unpaired) electrons. The summed E-state index contributed by atoms with van der Waals surface area (Å²) >= 11 is 0. The average molecular weight is 277 g/mol. The zero-order chi connectivity index (χ0) is 4.50. The topological polar surface area (TPSA) is 77.8 Å². The van der Waals surface area contributed by atoms with Gasteiger partial charge in [0.1, 0.15) is 0 Å². The van der Waals surface area contributed by atoms with Crippen molar-refractivity contribution in [3.8, 4) is 0 Å². The van der Waals surface area contributed by atoms with E-state index in [9.17, 15) is 0 Å². The van der Waals surface area contributed by atoms with Gasteiger partial charge in [-0.1, -0.05) is 0 Å². The molecule has 0 aliphatic heterocycles. The van der Waals surface area contributed by atoms with Crippen LogP contribution in [0.2, 0.25) is 0 Å². The standard InChI is InChI=1S/K.La.H3O4P.H/c;;1-5(2,3)4;/h;;(H3,1,2,3,4);/q+1;;;-1. The van der Waals surface area contributed by atoms with Gasteiger partial charge in [0, 0.05) is 35.6 Å². The monoisotopic (exact) mass is 277 g/mol. The molecule has 0 bridgehead atoms. The summed E-state index contributed by atoms with van der Waals surface area (Å²) in [5.41, 5.74) is 0. The Hall–Kier alpha value is 2.94. The second kappa shape index (κ2) is 7.05. The maximum atomic E-state index is 8.88. The maximum absolute atomic E-state index is 8.88. The van der Waals surface area contributed by atoms with Crippen molar-refractivity contribution in [3.63, 3.8) is 0 Å². The van der Waals surface area contributed by atoms with Gasteiger partial charge in [-0.2, -0.15) is 0 Å². The summed E-state index contributed by atoms with van der Waals surface area (Å²) < 4.78 is 8.88. The number of hydrogen-bond donors (Lipinski definition) is 3. The molecule has 0 aromatic carbocycles. The Kier molecular flexibility index (Phi) is 16.6. The molecular formula is H4KLaO4P. The van der Waals surface area contributed by atoms with Crippen LogP contribution >= 0.6 is 7.82 Å². The molecule has 0 aliphatic carbocycles. The third kappa shape index (κ3) is 49.8. The normalized spacial score (nSPS) is 8.43. The van der Waals surface area contributed by atoms with Crippen LogP contribution in [0.15, 0.2) is 0 Å². The predicted molar refractivity (Wildman–Crippen MR) is 15.4 cm³/mol. The van der Waals surface area contributed by atoms with Crippen molar-refractivity contribution >= 4 is 7.82 Å². The van der Waals surface area contributed by atoms with E-state index in [-0.39, 0.29) is 88.4 Å². The van der Waals surface area contributed by atoms with E-state index in [1.54, 1.807) is 0 Å². The van der Waals surface area contributed by atoms with Gasteiger partial charge in [0.2, 0.25) is 0 Å². The van der Waals surface area contributed by atoms with Crippen LogP contribution < -0.4 is 51.4 Å². The van der Waals surface area contributed by atoms with Gasteiger partial charge in [0.25, 0.3) is 0 Å². The Morgan fingerprint density at radius 2 is 1.29 bits per heavy atom. The van der Waals surface area contributed by atoms with Crippen LogP contribution in [-0.4, -0.2) is 14.7 Å². The first-order chi connectivity index (χ1) is 2.00. The van der Waals surface area contributed by atoms with Crippen molar-refractivity contribution in [2.75, 3.05) is 0 Å². The Bertz CT molecular complexity index is 62.2. The van der Waals surface area contributed by atoms with Crippen LogP contribution in [0.5, 0.6) is 0 Å². The summed E-state index contributed by atoms with van der Waals surface area (Å²) in [6.45, 7) is 0. The van der Waals surface area contributed by atoms with Gasteiger partial charge in [0.15, 0.2) is 0 Å². The molecule has 0 heterocycles. The number of rotatable bonds is 0. The third-order valence-electron chi connectivity index (χ3n) is 0. The van der Waals surface area contributed by atoms with E-state index >= 15 is 0 Å². The third-order valence-corrected chi connectivity index (χ3v) is 0. The average Bonchev–Trinajstić information content (AvgIpc) is 0.722.